The molecule has 72 valence electrons. The second kappa shape index (κ2) is 3.57. The lowest BCUT2D eigenvalue weighted by Crippen LogP contribution is -2.39. The second-order valence-electron chi connectivity index (χ2n) is 2.94. The van der Waals surface area contributed by atoms with Crippen LogP contribution in [-0.2, 0) is 9.59 Å². The fourth-order valence-electron chi connectivity index (χ4n) is 1.41. The van der Waals surface area contributed by atoms with Crippen LogP contribution in [0.4, 0.5) is 0 Å². The molecule has 0 spiro atoms. The Kier molecular flexibility index (Phi) is 2.67. The number of rotatable bonds is 2. The molecule has 2 atom stereocenters. The van der Waals surface area contributed by atoms with Crippen LogP contribution in [0.2, 0.25) is 0 Å². The van der Waals surface area contributed by atoms with Gasteiger partial charge in [-0.3, -0.25) is 4.79 Å². The van der Waals surface area contributed by atoms with Crippen LogP contribution in [0.25, 0.3) is 0 Å². The van der Waals surface area contributed by atoms with Gasteiger partial charge < -0.3 is 15.1 Å². The number of carboxylic acid groups (broad SMARTS) is 1. The minimum atomic E-state index is -1.09. The van der Waals surface area contributed by atoms with Crippen molar-refractivity contribution in [2.24, 2.45) is 0 Å². The summed E-state index contributed by atoms with van der Waals surface area (Å²) in [5, 5.41) is 17.9. The lowest BCUT2D eigenvalue weighted by Gasteiger charge is -2.18. The number of aliphatic hydroxyl groups is 1. The molecule has 1 rings (SSSR count). The predicted octanol–water partition coefficient (Wildman–Crippen LogP) is -0.781. The zero-order chi connectivity index (χ0) is 10.0. The van der Waals surface area contributed by atoms with E-state index in [1.165, 1.54) is 0 Å². The summed E-state index contributed by atoms with van der Waals surface area (Å²) in [5.74, 6) is -1.55. The summed E-state index contributed by atoms with van der Waals surface area (Å²) in [6, 6.07) is -0.916. The minimum Gasteiger partial charge on any atom is -0.480 e. The average Bonchev–Trinajstić information content (AvgIpc) is 2.46. The van der Waals surface area contributed by atoms with Crippen molar-refractivity contribution >= 4 is 11.9 Å². The lowest BCUT2D eigenvalue weighted by atomic mass is 10.2. The zero-order valence-corrected chi connectivity index (χ0v) is 7.01. The first kappa shape index (κ1) is 9.73. The van der Waals surface area contributed by atoms with Crippen molar-refractivity contribution in [2.75, 3.05) is 6.54 Å². The number of carbonyl (C=O) groups is 2. The Balaban J connectivity index is 2.77. The molecule has 0 unspecified atom stereocenters. The van der Waals surface area contributed by atoms with Crippen LogP contribution in [0.3, 0.4) is 0 Å². The van der Waals surface area contributed by atoms with E-state index >= 15 is 0 Å². The number of aliphatic hydroxyl groups excluding tert-OH is 1. The molecule has 0 aromatic heterocycles. The summed E-state index contributed by atoms with van der Waals surface area (Å²) in [5.41, 5.74) is 0. The Morgan fingerprint density at radius 1 is 1.54 bits per heavy atom. The topological polar surface area (TPSA) is 77.8 Å². The van der Waals surface area contributed by atoms with E-state index in [2.05, 4.69) is 6.58 Å². The van der Waals surface area contributed by atoms with Crippen molar-refractivity contribution in [3.05, 3.63) is 12.7 Å². The van der Waals surface area contributed by atoms with Crippen molar-refractivity contribution in [1.29, 1.82) is 0 Å². The quantitative estimate of drug-likeness (QED) is 0.553. The summed E-state index contributed by atoms with van der Waals surface area (Å²) < 4.78 is 0. The maximum atomic E-state index is 11.1. The standard InChI is InChI=1S/C8H11NO4/c1-2-7(11)9-4-5(10)3-6(9)8(12)13/h2,5-6,10H,1,3-4H2,(H,12,13)/t5-,6+/m1/s1. The van der Waals surface area contributed by atoms with Crippen molar-refractivity contribution in [2.45, 2.75) is 18.6 Å². The molecule has 0 aromatic rings. The van der Waals surface area contributed by atoms with Gasteiger partial charge in [0.25, 0.3) is 0 Å². The Labute approximate surface area is 75.3 Å². The van der Waals surface area contributed by atoms with Crippen molar-refractivity contribution in [1.82, 2.24) is 4.90 Å². The SMILES string of the molecule is C=CC(=O)N1C[C@H](O)C[C@H]1C(=O)O. The highest BCUT2D eigenvalue weighted by Crippen LogP contribution is 2.18. The van der Waals surface area contributed by atoms with E-state index in [1.54, 1.807) is 0 Å². The minimum absolute atomic E-state index is 0.0713. The van der Waals surface area contributed by atoms with Crippen molar-refractivity contribution < 1.29 is 19.8 Å². The number of aliphatic carboxylic acids is 1. The lowest BCUT2D eigenvalue weighted by molar-refractivity contribution is -0.146. The number of likely N-dealkylation sites (tertiary alicyclic amines) is 1. The van der Waals surface area contributed by atoms with E-state index in [9.17, 15) is 14.7 Å². The Bertz CT molecular complexity index is 251. The number of hydrogen-bond donors (Lipinski definition) is 2. The van der Waals surface area contributed by atoms with Gasteiger partial charge in [0.2, 0.25) is 5.91 Å². The van der Waals surface area contributed by atoms with Crippen LogP contribution < -0.4 is 0 Å². The Morgan fingerprint density at radius 3 is 2.62 bits per heavy atom. The molecule has 1 aliphatic rings. The van der Waals surface area contributed by atoms with Gasteiger partial charge >= 0.3 is 5.97 Å². The van der Waals surface area contributed by atoms with E-state index in [1.807, 2.05) is 0 Å². The maximum absolute atomic E-state index is 11.1. The molecule has 5 nitrogen and oxygen atoms in total. The smallest absolute Gasteiger partial charge is 0.326 e. The van der Waals surface area contributed by atoms with E-state index in [0.29, 0.717) is 0 Å². The predicted molar refractivity (Wildman–Crippen MR) is 44.0 cm³/mol. The van der Waals surface area contributed by atoms with Gasteiger partial charge in [0.05, 0.1) is 6.10 Å². The van der Waals surface area contributed by atoms with E-state index in [-0.39, 0.29) is 13.0 Å². The first-order valence-electron chi connectivity index (χ1n) is 3.90. The number of carboxylic acids is 1. The third-order valence-corrected chi connectivity index (χ3v) is 2.02. The van der Waals surface area contributed by atoms with Crippen LogP contribution in [0.1, 0.15) is 6.42 Å². The molecule has 2 N–H and O–H groups in total. The van der Waals surface area contributed by atoms with E-state index in [0.717, 1.165) is 11.0 Å². The third kappa shape index (κ3) is 1.86. The summed E-state index contributed by atoms with van der Waals surface area (Å²) in [7, 11) is 0. The van der Waals surface area contributed by atoms with Crippen LogP contribution in [0.5, 0.6) is 0 Å². The molecule has 1 amide bonds. The molecule has 13 heavy (non-hydrogen) atoms. The Hall–Kier alpha value is -1.36. The number of amides is 1. The monoisotopic (exact) mass is 185 g/mol. The molecule has 1 saturated heterocycles. The molecular formula is C8H11NO4. The fourth-order valence-corrected chi connectivity index (χ4v) is 1.41. The van der Waals surface area contributed by atoms with Gasteiger partial charge in [-0.2, -0.15) is 0 Å². The molecule has 1 aliphatic heterocycles. The van der Waals surface area contributed by atoms with E-state index in [4.69, 9.17) is 5.11 Å². The summed E-state index contributed by atoms with van der Waals surface area (Å²) in [6.45, 7) is 3.33. The van der Waals surface area contributed by atoms with Gasteiger partial charge in [-0.05, 0) is 6.08 Å². The normalized spacial score (nSPS) is 27.3. The number of hydrogen-bond acceptors (Lipinski definition) is 3. The largest absolute Gasteiger partial charge is 0.480 e. The molecule has 1 heterocycles. The van der Waals surface area contributed by atoms with Crippen LogP contribution in [0, 0.1) is 0 Å². The van der Waals surface area contributed by atoms with Gasteiger partial charge in [-0.15, -0.1) is 0 Å². The fraction of sp³-hybridized carbons (Fsp3) is 0.500. The zero-order valence-electron chi connectivity index (χ0n) is 7.01. The van der Waals surface area contributed by atoms with Crippen molar-refractivity contribution in [3.63, 3.8) is 0 Å². The summed E-state index contributed by atoms with van der Waals surface area (Å²) in [6.07, 6.45) is 0.396. The highest BCUT2D eigenvalue weighted by atomic mass is 16.4. The molecule has 1 fully saturated rings. The third-order valence-electron chi connectivity index (χ3n) is 2.02. The second-order valence-corrected chi connectivity index (χ2v) is 2.94. The molecule has 0 aromatic carbocycles. The molecular weight excluding hydrogens is 174 g/mol. The van der Waals surface area contributed by atoms with Gasteiger partial charge in [0.1, 0.15) is 6.04 Å². The summed E-state index contributed by atoms with van der Waals surface area (Å²) >= 11 is 0. The van der Waals surface area contributed by atoms with Crippen molar-refractivity contribution in [3.8, 4) is 0 Å². The van der Waals surface area contributed by atoms with Gasteiger partial charge in [-0.25, -0.2) is 4.79 Å². The first-order chi connectivity index (χ1) is 6.06. The Morgan fingerprint density at radius 2 is 2.15 bits per heavy atom. The number of carbonyl (C=O) groups excluding carboxylic acids is 1. The molecule has 0 radical (unpaired) electrons. The molecule has 0 saturated carbocycles. The maximum Gasteiger partial charge on any atom is 0.326 e. The number of nitrogens with zero attached hydrogens (tertiary/aromatic N) is 1. The first-order valence-corrected chi connectivity index (χ1v) is 3.90. The van der Waals surface area contributed by atoms with Crippen LogP contribution in [0.15, 0.2) is 12.7 Å². The van der Waals surface area contributed by atoms with Gasteiger partial charge in [0, 0.05) is 13.0 Å². The van der Waals surface area contributed by atoms with Crippen LogP contribution in [-0.4, -0.2) is 45.7 Å². The average molecular weight is 185 g/mol. The molecule has 5 heteroatoms. The van der Waals surface area contributed by atoms with Crippen LogP contribution >= 0.6 is 0 Å². The highest BCUT2D eigenvalue weighted by molar-refractivity contribution is 5.91. The molecule has 0 bridgehead atoms. The summed E-state index contributed by atoms with van der Waals surface area (Å²) in [4.78, 5) is 22.9. The van der Waals surface area contributed by atoms with E-state index < -0.39 is 24.0 Å². The van der Waals surface area contributed by atoms with Gasteiger partial charge in [-0.1, -0.05) is 6.58 Å². The highest BCUT2D eigenvalue weighted by Gasteiger charge is 2.37. The number of β-amino-alcohol motifs (C(OH)–C–C–N with tert-alkyl or cyclic N) is 1. The molecule has 0 aliphatic carbocycles. The van der Waals surface area contributed by atoms with Gasteiger partial charge in [0.15, 0.2) is 0 Å².